The summed E-state index contributed by atoms with van der Waals surface area (Å²) in [5, 5.41) is 18.7. The van der Waals surface area contributed by atoms with Gasteiger partial charge < -0.3 is 18.7 Å². The van der Waals surface area contributed by atoms with Crippen molar-refractivity contribution >= 4 is 17.1 Å². The van der Waals surface area contributed by atoms with E-state index >= 15 is 0 Å². The molecule has 2 aliphatic rings. The molecule has 0 radical (unpaired) electrons. The van der Waals surface area contributed by atoms with Gasteiger partial charge in [0.1, 0.15) is 23.1 Å². The molecule has 1 N–H and O–H groups in total. The number of hydrogen-bond acceptors (Lipinski definition) is 9. The minimum absolute atomic E-state index is 0.0693. The van der Waals surface area contributed by atoms with Crippen LogP contribution in [0, 0.1) is 25.2 Å². The first-order chi connectivity index (χ1) is 23.2. The molecule has 0 bridgehead atoms. The number of aliphatic carboxylic acids is 1. The van der Waals surface area contributed by atoms with Crippen molar-refractivity contribution in [3.8, 4) is 45.9 Å². The predicted molar refractivity (Wildman–Crippen MR) is 172 cm³/mol. The van der Waals surface area contributed by atoms with Crippen molar-refractivity contribution in [1.29, 1.82) is 5.26 Å². The van der Waals surface area contributed by atoms with Crippen LogP contribution in [0.25, 0.3) is 45.1 Å². The van der Waals surface area contributed by atoms with E-state index in [0.29, 0.717) is 61.8 Å². The summed E-state index contributed by atoms with van der Waals surface area (Å²) < 4.78 is 44.1. The fourth-order valence-corrected chi connectivity index (χ4v) is 6.88. The number of benzene rings is 3. The van der Waals surface area contributed by atoms with Crippen molar-refractivity contribution in [3.63, 3.8) is 0 Å². The summed E-state index contributed by atoms with van der Waals surface area (Å²) in [7, 11) is 0. The molecule has 0 aliphatic carbocycles. The topological polar surface area (TPSA) is 129 Å². The summed E-state index contributed by atoms with van der Waals surface area (Å²) in [4.78, 5) is 25.1. The number of aromatic nitrogens is 2. The number of likely N-dealkylation sites (tertiary alicyclic amines) is 1. The standard InChI is InChI=1S/C36H33F2N5O5/c1-20-23(24-7-4-9-26(21(24)2)34-41-28-19-42(15-12-39)14-11-30(28)46-34)6-3-8-25(20)33-40-27-16-22(18-43-13-5-10-29(43)35(44)45)31(48-36(37)38)17-32(27)47-33/h3-4,6-9,16-17,29,36H,5,10-11,13-15,18-19H2,1-2H3,(H,44,45)/t29-/m0/s1. The lowest BCUT2D eigenvalue weighted by atomic mass is 9.91. The molecule has 12 heteroatoms. The number of carboxylic acids is 1. The second-order valence-electron chi connectivity index (χ2n) is 12.3. The first kappa shape index (κ1) is 31.5. The summed E-state index contributed by atoms with van der Waals surface area (Å²) in [6, 6.07) is 16.4. The molecule has 10 nitrogen and oxygen atoms in total. The molecule has 2 aliphatic heterocycles. The van der Waals surface area contributed by atoms with Gasteiger partial charge in [0.05, 0.1) is 18.3 Å². The van der Waals surface area contributed by atoms with Crippen LogP contribution in [0.15, 0.2) is 57.4 Å². The van der Waals surface area contributed by atoms with Crippen LogP contribution in [0.2, 0.25) is 0 Å². The average Bonchev–Trinajstić information content (AvgIpc) is 3.80. The third kappa shape index (κ3) is 5.91. The summed E-state index contributed by atoms with van der Waals surface area (Å²) in [5.74, 6) is 0.718. The van der Waals surface area contributed by atoms with E-state index in [9.17, 15) is 18.7 Å². The van der Waals surface area contributed by atoms with Crippen molar-refractivity contribution in [2.45, 2.75) is 58.9 Å². The van der Waals surface area contributed by atoms with Gasteiger partial charge in [-0.25, -0.2) is 9.97 Å². The molecule has 0 spiro atoms. The summed E-state index contributed by atoms with van der Waals surface area (Å²) in [6.45, 7) is 3.31. The molecule has 1 saturated heterocycles. The number of oxazole rings is 2. The lowest BCUT2D eigenvalue weighted by Crippen LogP contribution is -2.35. The number of nitrogens with zero attached hydrogens (tertiary/aromatic N) is 5. The van der Waals surface area contributed by atoms with Gasteiger partial charge >= 0.3 is 12.6 Å². The van der Waals surface area contributed by atoms with Crippen molar-refractivity contribution in [1.82, 2.24) is 19.8 Å². The molecule has 3 aromatic carbocycles. The molecule has 7 rings (SSSR count). The first-order valence-corrected chi connectivity index (χ1v) is 15.8. The van der Waals surface area contributed by atoms with Gasteiger partial charge in [0.15, 0.2) is 5.58 Å². The molecule has 246 valence electrons. The second-order valence-corrected chi connectivity index (χ2v) is 12.3. The molecule has 2 aromatic heterocycles. The molecule has 0 amide bonds. The van der Waals surface area contributed by atoms with E-state index in [-0.39, 0.29) is 17.9 Å². The van der Waals surface area contributed by atoms with Crippen molar-refractivity contribution in [2.75, 3.05) is 19.6 Å². The van der Waals surface area contributed by atoms with Crippen LogP contribution in [0.3, 0.4) is 0 Å². The lowest BCUT2D eigenvalue weighted by molar-refractivity contribution is -0.142. The fraction of sp³-hybridized carbons (Fsp3) is 0.333. The van der Waals surface area contributed by atoms with E-state index in [4.69, 9.17) is 28.8 Å². The number of ether oxygens (including phenoxy) is 1. The van der Waals surface area contributed by atoms with Crippen LogP contribution in [0.5, 0.6) is 5.75 Å². The van der Waals surface area contributed by atoms with Gasteiger partial charge in [-0.3, -0.25) is 14.6 Å². The Morgan fingerprint density at radius 2 is 1.73 bits per heavy atom. The maximum Gasteiger partial charge on any atom is 0.387 e. The molecular formula is C36H33F2N5O5. The average molecular weight is 654 g/mol. The Hall–Kier alpha value is -5.12. The normalized spacial score (nSPS) is 16.8. The highest BCUT2D eigenvalue weighted by atomic mass is 19.3. The monoisotopic (exact) mass is 653 g/mol. The number of halogens is 2. The van der Waals surface area contributed by atoms with Gasteiger partial charge in [0.25, 0.3) is 0 Å². The molecule has 0 unspecified atom stereocenters. The summed E-state index contributed by atoms with van der Waals surface area (Å²) >= 11 is 0. The number of carboxylic acid groups (broad SMARTS) is 1. The quantitative estimate of drug-likeness (QED) is 0.167. The van der Waals surface area contributed by atoms with Gasteiger partial charge in [-0.05, 0) is 73.7 Å². The largest absolute Gasteiger partial charge is 0.480 e. The number of carbonyl (C=O) groups is 1. The Bertz CT molecular complexity index is 2070. The van der Waals surface area contributed by atoms with Crippen LogP contribution in [0.1, 0.15) is 41.0 Å². The maximum atomic E-state index is 13.4. The summed E-state index contributed by atoms with van der Waals surface area (Å²) in [6.07, 6.45) is 1.90. The highest BCUT2D eigenvalue weighted by Crippen LogP contribution is 2.39. The van der Waals surface area contributed by atoms with Gasteiger partial charge in [-0.2, -0.15) is 14.0 Å². The van der Waals surface area contributed by atoms with E-state index in [2.05, 4.69) is 11.0 Å². The van der Waals surface area contributed by atoms with Crippen LogP contribution in [-0.4, -0.2) is 63.1 Å². The molecule has 48 heavy (non-hydrogen) atoms. The lowest BCUT2D eigenvalue weighted by Gasteiger charge is -2.22. The molecule has 5 aromatic rings. The molecule has 1 fully saturated rings. The Kier molecular flexibility index (Phi) is 8.41. The van der Waals surface area contributed by atoms with Crippen LogP contribution in [-0.2, 0) is 24.3 Å². The second kappa shape index (κ2) is 12.8. The number of nitriles is 1. The molecular weight excluding hydrogens is 620 g/mol. The Morgan fingerprint density at radius 1 is 1.04 bits per heavy atom. The number of rotatable bonds is 9. The Labute approximate surface area is 275 Å². The van der Waals surface area contributed by atoms with Crippen LogP contribution < -0.4 is 4.74 Å². The fourth-order valence-electron chi connectivity index (χ4n) is 6.88. The zero-order chi connectivity index (χ0) is 33.5. The van der Waals surface area contributed by atoms with Crippen LogP contribution >= 0.6 is 0 Å². The van der Waals surface area contributed by atoms with Gasteiger partial charge in [-0.1, -0.05) is 24.3 Å². The highest BCUT2D eigenvalue weighted by molar-refractivity contribution is 5.84. The van der Waals surface area contributed by atoms with Gasteiger partial charge in [0.2, 0.25) is 11.8 Å². The minimum atomic E-state index is -3.06. The van der Waals surface area contributed by atoms with E-state index < -0.39 is 18.6 Å². The minimum Gasteiger partial charge on any atom is -0.480 e. The molecule has 4 heterocycles. The maximum absolute atomic E-state index is 13.4. The predicted octanol–water partition coefficient (Wildman–Crippen LogP) is 6.97. The van der Waals surface area contributed by atoms with Gasteiger partial charge in [-0.15, -0.1) is 0 Å². The highest BCUT2D eigenvalue weighted by Gasteiger charge is 2.31. The Morgan fingerprint density at radius 3 is 2.40 bits per heavy atom. The molecule has 0 saturated carbocycles. The Balaban J connectivity index is 1.23. The van der Waals surface area contributed by atoms with Crippen molar-refractivity contribution < 1.29 is 32.3 Å². The zero-order valence-corrected chi connectivity index (χ0v) is 26.5. The molecule has 1 atom stereocenters. The van der Waals surface area contributed by atoms with Crippen molar-refractivity contribution in [2.24, 2.45) is 0 Å². The number of alkyl halides is 2. The summed E-state index contributed by atoms with van der Waals surface area (Å²) in [5.41, 5.74) is 7.47. The number of fused-ring (bicyclic) bond motifs is 2. The zero-order valence-electron chi connectivity index (χ0n) is 26.5. The SMILES string of the molecule is Cc1c(-c2nc3c(o2)CCN(CC#N)C3)cccc1-c1cccc(-c2nc3cc(CN4CCC[C@H]4C(=O)O)c(OC(F)F)cc3o2)c1C. The first-order valence-electron chi connectivity index (χ1n) is 15.8. The third-order valence-corrected chi connectivity index (χ3v) is 9.33. The van der Waals surface area contributed by atoms with E-state index in [1.807, 2.05) is 50.2 Å². The van der Waals surface area contributed by atoms with E-state index in [1.165, 1.54) is 6.07 Å². The van der Waals surface area contributed by atoms with Gasteiger partial charge in [0, 0.05) is 48.8 Å². The number of hydrogen-bond donors (Lipinski definition) is 1. The van der Waals surface area contributed by atoms with Crippen LogP contribution in [0.4, 0.5) is 8.78 Å². The third-order valence-electron chi connectivity index (χ3n) is 9.33. The van der Waals surface area contributed by atoms with E-state index in [0.717, 1.165) is 51.4 Å². The van der Waals surface area contributed by atoms with Crippen molar-refractivity contribution in [3.05, 3.63) is 76.7 Å². The van der Waals surface area contributed by atoms with E-state index in [1.54, 1.807) is 11.0 Å². The smallest absolute Gasteiger partial charge is 0.387 e.